The SMILES string of the molecule is OC1CCN(CC2CCC2)c2ccccc21. The maximum atomic E-state index is 9.96. The van der Waals surface area contributed by atoms with Crippen molar-refractivity contribution in [2.75, 3.05) is 18.0 Å². The third-order valence-electron chi connectivity index (χ3n) is 4.01. The zero-order chi connectivity index (χ0) is 11.0. The Morgan fingerprint density at radius 3 is 2.75 bits per heavy atom. The first-order valence-corrected chi connectivity index (χ1v) is 6.36. The second kappa shape index (κ2) is 4.10. The average Bonchev–Trinajstić information content (AvgIpc) is 2.26. The summed E-state index contributed by atoms with van der Waals surface area (Å²) in [7, 11) is 0. The van der Waals surface area contributed by atoms with Gasteiger partial charge in [0, 0.05) is 24.3 Å². The van der Waals surface area contributed by atoms with Crippen LogP contribution in [0.1, 0.15) is 37.4 Å². The van der Waals surface area contributed by atoms with E-state index in [9.17, 15) is 5.11 Å². The maximum absolute atomic E-state index is 9.96. The van der Waals surface area contributed by atoms with E-state index in [0.717, 1.165) is 24.4 Å². The number of anilines is 1. The van der Waals surface area contributed by atoms with Crippen LogP contribution in [-0.4, -0.2) is 18.2 Å². The van der Waals surface area contributed by atoms with Crippen molar-refractivity contribution >= 4 is 5.69 Å². The first kappa shape index (κ1) is 10.2. The number of hydrogen-bond donors (Lipinski definition) is 1. The van der Waals surface area contributed by atoms with Crippen molar-refractivity contribution in [2.24, 2.45) is 5.92 Å². The smallest absolute Gasteiger partial charge is 0.0826 e. The number of aliphatic hydroxyl groups excluding tert-OH is 1. The minimum absolute atomic E-state index is 0.256. The lowest BCUT2D eigenvalue weighted by molar-refractivity contribution is 0.162. The zero-order valence-electron chi connectivity index (χ0n) is 9.60. The van der Waals surface area contributed by atoms with Crippen LogP contribution in [0.4, 0.5) is 5.69 Å². The Morgan fingerprint density at radius 1 is 1.19 bits per heavy atom. The lowest BCUT2D eigenvalue weighted by Crippen LogP contribution is -2.37. The van der Waals surface area contributed by atoms with Crippen LogP contribution < -0.4 is 4.90 Å². The van der Waals surface area contributed by atoms with E-state index < -0.39 is 0 Å². The molecule has 0 radical (unpaired) electrons. The average molecular weight is 217 g/mol. The Bertz CT molecular complexity index is 373. The fourth-order valence-corrected chi connectivity index (χ4v) is 2.79. The van der Waals surface area contributed by atoms with Gasteiger partial charge in [-0.25, -0.2) is 0 Å². The van der Waals surface area contributed by atoms with Crippen LogP contribution in [0, 0.1) is 5.92 Å². The normalized spacial score (nSPS) is 25.1. The molecule has 86 valence electrons. The van der Waals surface area contributed by atoms with Gasteiger partial charge in [-0.3, -0.25) is 0 Å². The summed E-state index contributed by atoms with van der Waals surface area (Å²) in [6.07, 6.45) is 4.81. The van der Waals surface area contributed by atoms with E-state index in [1.807, 2.05) is 6.07 Å². The summed E-state index contributed by atoms with van der Waals surface area (Å²) >= 11 is 0. The van der Waals surface area contributed by atoms with E-state index >= 15 is 0 Å². The molecule has 2 aliphatic rings. The van der Waals surface area contributed by atoms with E-state index in [2.05, 4.69) is 23.1 Å². The molecule has 1 fully saturated rings. The third-order valence-corrected chi connectivity index (χ3v) is 4.01. The van der Waals surface area contributed by atoms with Crippen molar-refractivity contribution in [1.29, 1.82) is 0 Å². The number of rotatable bonds is 2. The standard InChI is InChI=1S/C14H19NO/c16-14-8-9-15(10-11-4-3-5-11)13-7-2-1-6-12(13)14/h1-2,6-7,11,14,16H,3-5,8-10H2. The molecule has 2 nitrogen and oxygen atoms in total. The largest absolute Gasteiger partial charge is 0.388 e. The van der Waals surface area contributed by atoms with E-state index in [-0.39, 0.29) is 6.10 Å². The van der Waals surface area contributed by atoms with Crippen molar-refractivity contribution in [1.82, 2.24) is 0 Å². The lowest BCUT2D eigenvalue weighted by atomic mass is 9.84. The molecule has 2 heteroatoms. The summed E-state index contributed by atoms with van der Waals surface area (Å²) in [5, 5.41) is 9.96. The molecule has 0 saturated heterocycles. The zero-order valence-corrected chi connectivity index (χ0v) is 9.60. The molecule has 3 rings (SSSR count). The van der Waals surface area contributed by atoms with Crippen molar-refractivity contribution < 1.29 is 5.11 Å². The molecular weight excluding hydrogens is 198 g/mol. The van der Waals surface area contributed by atoms with E-state index in [4.69, 9.17) is 0 Å². The Balaban J connectivity index is 1.82. The highest BCUT2D eigenvalue weighted by atomic mass is 16.3. The minimum Gasteiger partial charge on any atom is -0.388 e. The number of para-hydroxylation sites is 1. The summed E-state index contributed by atoms with van der Waals surface area (Å²) < 4.78 is 0. The molecular formula is C14H19NO. The summed E-state index contributed by atoms with van der Waals surface area (Å²) in [5.74, 6) is 0.892. The molecule has 0 bridgehead atoms. The highest BCUT2D eigenvalue weighted by Gasteiger charge is 2.26. The molecule has 1 aliphatic carbocycles. The van der Waals surface area contributed by atoms with Gasteiger partial charge in [0.1, 0.15) is 0 Å². The predicted molar refractivity (Wildman–Crippen MR) is 65.6 cm³/mol. The minimum atomic E-state index is -0.256. The number of aliphatic hydroxyl groups is 1. The van der Waals surface area contributed by atoms with Crippen LogP contribution in [-0.2, 0) is 0 Å². The third kappa shape index (κ3) is 1.71. The molecule has 1 heterocycles. The lowest BCUT2D eigenvalue weighted by Gasteiger charge is -2.38. The van der Waals surface area contributed by atoms with Crippen LogP contribution in [0.25, 0.3) is 0 Å². The Morgan fingerprint density at radius 2 is 2.00 bits per heavy atom. The van der Waals surface area contributed by atoms with Crippen molar-refractivity contribution in [3.8, 4) is 0 Å². The van der Waals surface area contributed by atoms with Gasteiger partial charge in [0.15, 0.2) is 0 Å². The number of fused-ring (bicyclic) bond motifs is 1. The molecule has 0 aromatic heterocycles. The molecule has 1 aromatic carbocycles. The van der Waals surface area contributed by atoms with E-state index in [1.165, 1.54) is 31.5 Å². The highest BCUT2D eigenvalue weighted by Crippen LogP contribution is 2.36. The molecule has 1 aliphatic heterocycles. The second-order valence-electron chi connectivity index (χ2n) is 5.11. The van der Waals surface area contributed by atoms with Gasteiger partial charge in [-0.15, -0.1) is 0 Å². The van der Waals surface area contributed by atoms with Gasteiger partial charge in [-0.1, -0.05) is 24.6 Å². The van der Waals surface area contributed by atoms with Gasteiger partial charge in [-0.05, 0) is 31.2 Å². The fourth-order valence-electron chi connectivity index (χ4n) is 2.79. The number of benzene rings is 1. The molecule has 1 saturated carbocycles. The van der Waals surface area contributed by atoms with Crippen LogP contribution in [0.15, 0.2) is 24.3 Å². The predicted octanol–water partition coefficient (Wildman–Crippen LogP) is 2.73. The summed E-state index contributed by atoms with van der Waals surface area (Å²) in [5.41, 5.74) is 2.38. The molecule has 0 amide bonds. The Labute approximate surface area is 96.9 Å². The van der Waals surface area contributed by atoms with Crippen LogP contribution >= 0.6 is 0 Å². The van der Waals surface area contributed by atoms with E-state index in [1.54, 1.807) is 0 Å². The maximum Gasteiger partial charge on any atom is 0.0826 e. The van der Waals surface area contributed by atoms with Crippen LogP contribution in [0.3, 0.4) is 0 Å². The van der Waals surface area contributed by atoms with Crippen molar-refractivity contribution in [3.05, 3.63) is 29.8 Å². The van der Waals surface area contributed by atoms with Gasteiger partial charge < -0.3 is 10.0 Å². The van der Waals surface area contributed by atoms with Gasteiger partial charge in [-0.2, -0.15) is 0 Å². The van der Waals surface area contributed by atoms with Crippen molar-refractivity contribution in [2.45, 2.75) is 31.8 Å². The van der Waals surface area contributed by atoms with E-state index in [0.29, 0.717) is 0 Å². The number of hydrogen-bond acceptors (Lipinski definition) is 2. The summed E-state index contributed by atoms with van der Waals surface area (Å²) in [4.78, 5) is 2.46. The second-order valence-corrected chi connectivity index (χ2v) is 5.11. The van der Waals surface area contributed by atoms with Gasteiger partial charge in [0.25, 0.3) is 0 Å². The van der Waals surface area contributed by atoms with Gasteiger partial charge in [0.05, 0.1) is 6.10 Å². The Hall–Kier alpha value is -1.02. The van der Waals surface area contributed by atoms with Gasteiger partial charge in [0.2, 0.25) is 0 Å². The first-order valence-electron chi connectivity index (χ1n) is 6.36. The van der Waals surface area contributed by atoms with Crippen LogP contribution in [0.5, 0.6) is 0 Å². The molecule has 1 atom stereocenters. The molecule has 16 heavy (non-hydrogen) atoms. The van der Waals surface area contributed by atoms with Crippen LogP contribution in [0.2, 0.25) is 0 Å². The fraction of sp³-hybridized carbons (Fsp3) is 0.571. The quantitative estimate of drug-likeness (QED) is 0.823. The monoisotopic (exact) mass is 217 g/mol. The summed E-state index contributed by atoms with van der Waals surface area (Å²) in [6, 6.07) is 8.31. The molecule has 1 unspecified atom stereocenters. The van der Waals surface area contributed by atoms with Gasteiger partial charge >= 0.3 is 0 Å². The van der Waals surface area contributed by atoms with Crippen molar-refractivity contribution in [3.63, 3.8) is 0 Å². The Kier molecular flexibility index (Phi) is 2.60. The molecule has 0 spiro atoms. The summed E-state index contributed by atoms with van der Waals surface area (Å²) in [6.45, 7) is 2.19. The highest BCUT2D eigenvalue weighted by molar-refractivity contribution is 5.56. The molecule has 1 aromatic rings. The first-order chi connectivity index (χ1) is 7.84. The number of nitrogens with zero attached hydrogens (tertiary/aromatic N) is 1. The molecule has 1 N–H and O–H groups in total. The topological polar surface area (TPSA) is 23.5 Å².